The molecule has 0 fully saturated rings. The highest BCUT2D eigenvalue weighted by atomic mass is 79.9. The molecule has 4 nitrogen and oxygen atoms in total. The summed E-state index contributed by atoms with van der Waals surface area (Å²) in [5.41, 5.74) is 7.96. The maximum atomic E-state index is 11.9. The smallest absolute Gasteiger partial charge is 0.253 e. The zero-order valence-corrected chi connectivity index (χ0v) is 13.8. The van der Waals surface area contributed by atoms with Crippen LogP contribution in [0.4, 0.5) is 5.69 Å². The van der Waals surface area contributed by atoms with Crippen LogP contribution >= 0.6 is 15.9 Å². The van der Waals surface area contributed by atoms with Crippen molar-refractivity contribution in [2.45, 2.75) is 6.92 Å². The Bertz CT molecular complexity index is 684. The van der Waals surface area contributed by atoms with Crippen LogP contribution in [-0.2, 0) is 0 Å². The molecule has 0 saturated carbocycles. The number of nitrogens with two attached hydrogens (primary N) is 1. The molecule has 0 aliphatic heterocycles. The normalized spacial score (nSPS) is 10.3. The van der Waals surface area contributed by atoms with Crippen molar-refractivity contribution in [1.82, 2.24) is 4.90 Å². The molecule has 0 unspecified atom stereocenters. The van der Waals surface area contributed by atoms with E-state index in [-0.39, 0.29) is 5.91 Å². The van der Waals surface area contributed by atoms with E-state index in [9.17, 15) is 4.79 Å². The third-order valence-corrected chi connectivity index (χ3v) is 3.53. The van der Waals surface area contributed by atoms with Crippen LogP contribution in [0.25, 0.3) is 0 Å². The summed E-state index contributed by atoms with van der Waals surface area (Å²) in [5.74, 6) is 1.17. The van der Waals surface area contributed by atoms with Crippen LogP contribution in [0.15, 0.2) is 40.9 Å². The minimum absolute atomic E-state index is 0.0908. The van der Waals surface area contributed by atoms with Crippen molar-refractivity contribution in [3.05, 3.63) is 52.0 Å². The number of nitrogen functional groups attached to an aromatic ring is 1. The number of benzene rings is 2. The van der Waals surface area contributed by atoms with Crippen molar-refractivity contribution in [1.29, 1.82) is 0 Å². The molecular weight excluding hydrogens is 332 g/mol. The number of hydrogen-bond donors (Lipinski definition) is 1. The predicted octanol–water partition coefficient (Wildman–Crippen LogP) is 3.83. The Hall–Kier alpha value is -2.01. The fraction of sp³-hybridized carbons (Fsp3) is 0.188. The molecule has 0 aliphatic carbocycles. The average Bonchev–Trinajstić information content (AvgIpc) is 2.44. The Morgan fingerprint density at radius 2 is 1.86 bits per heavy atom. The van der Waals surface area contributed by atoms with Gasteiger partial charge in [0.05, 0.1) is 5.69 Å². The van der Waals surface area contributed by atoms with E-state index in [0.717, 1.165) is 15.8 Å². The molecule has 5 heteroatoms. The lowest BCUT2D eigenvalue weighted by atomic mass is 10.1. The van der Waals surface area contributed by atoms with Gasteiger partial charge in [0.1, 0.15) is 11.5 Å². The maximum absolute atomic E-state index is 11.9. The van der Waals surface area contributed by atoms with E-state index in [1.165, 1.54) is 4.90 Å². The summed E-state index contributed by atoms with van der Waals surface area (Å²) < 4.78 is 6.77. The number of ether oxygens (including phenoxy) is 1. The predicted molar refractivity (Wildman–Crippen MR) is 87.8 cm³/mol. The molecule has 2 rings (SSSR count). The molecule has 2 N–H and O–H groups in total. The average molecular weight is 349 g/mol. The maximum Gasteiger partial charge on any atom is 0.253 e. The first-order valence-electron chi connectivity index (χ1n) is 6.43. The second-order valence-electron chi connectivity index (χ2n) is 4.96. The van der Waals surface area contributed by atoms with Crippen molar-refractivity contribution in [2.24, 2.45) is 0 Å². The first-order valence-corrected chi connectivity index (χ1v) is 7.23. The number of rotatable bonds is 3. The van der Waals surface area contributed by atoms with Crippen LogP contribution in [0, 0.1) is 6.92 Å². The van der Waals surface area contributed by atoms with Crippen LogP contribution in [0.2, 0.25) is 0 Å². The Morgan fingerprint density at radius 3 is 2.48 bits per heavy atom. The SMILES string of the molecule is Cc1ccc(Br)cc1Oc1ccc(C(=O)N(C)C)cc1N. The molecule has 0 aliphatic rings. The highest BCUT2D eigenvalue weighted by Crippen LogP contribution is 2.32. The molecule has 0 heterocycles. The summed E-state index contributed by atoms with van der Waals surface area (Å²) in [6, 6.07) is 10.8. The number of carbonyl (C=O) groups is 1. The van der Waals surface area contributed by atoms with Gasteiger partial charge in [-0.3, -0.25) is 4.79 Å². The van der Waals surface area contributed by atoms with Gasteiger partial charge in [0.25, 0.3) is 5.91 Å². The van der Waals surface area contributed by atoms with E-state index in [1.807, 2.05) is 25.1 Å². The molecule has 1 amide bonds. The molecule has 2 aromatic rings. The van der Waals surface area contributed by atoms with Crippen molar-refractivity contribution < 1.29 is 9.53 Å². The lowest BCUT2D eigenvalue weighted by Crippen LogP contribution is -2.21. The highest BCUT2D eigenvalue weighted by molar-refractivity contribution is 9.10. The Labute approximate surface area is 132 Å². The van der Waals surface area contributed by atoms with Gasteiger partial charge in [-0.15, -0.1) is 0 Å². The Balaban J connectivity index is 2.30. The van der Waals surface area contributed by atoms with Crippen LogP contribution < -0.4 is 10.5 Å². The molecule has 0 radical (unpaired) electrons. The van der Waals surface area contributed by atoms with Gasteiger partial charge in [-0.2, -0.15) is 0 Å². The molecule has 21 heavy (non-hydrogen) atoms. The monoisotopic (exact) mass is 348 g/mol. The number of aryl methyl sites for hydroxylation is 1. The molecule has 0 aromatic heterocycles. The van der Waals surface area contributed by atoms with Crippen LogP contribution in [-0.4, -0.2) is 24.9 Å². The van der Waals surface area contributed by atoms with Gasteiger partial charge in [0, 0.05) is 24.1 Å². The van der Waals surface area contributed by atoms with Gasteiger partial charge in [0.2, 0.25) is 0 Å². The number of anilines is 1. The van der Waals surface area contributed by atoms with Gasteiger partial charge in [-0.05, 0) is 42.8 Å². The van der Waals surface area contributed by atoms with Gasteiger partial charge in [0.15, 0.2) is 0 Å². The van der Waals surface area contributed by atoms with Gasteiger partial charge in [-0.1, -0.05) is 22.0 Å². The third-order valence-electron chi connectivity index (χ3n) is 3.03. The minimum Gasteiger partial charge on any atom is -0.455 e. The number of halogens is 1. The minimum atomic E-state index is -0.0908. The Kier molecular flexibility index (Phi) is 4.53. The third kappa shape index (κ3) is 3.55. The van der Waals surface area contributed by atoms with E-state index >= 15 is 0 Å². The molecule has 110 valence electrons. The molecule has 0 atom stereocenters. The Morgan fingerprint density at radius 1 is 1.14 bits per heavy atom. The quantitative estimate of drug-likeness (QED) is 0.857. The molecule has 0 saturated heterocycles. The number of nitrogens with zero attached hydrogens (tertiary/aromatic N) is 1. The van der Waals surface area contributed by atoms with Gasteiger partial charge >= 0.3 is 0 Å². The first kappa shape index (κ1) is 15.4. The largest absolute Gasteiger partial charge is 0.455 e. The second-order valence-corrected chi connectivity index (χ2v) is 5.88. The fourth-order valence-corrected chi connectivity index (χ4v) is 2.18. The zero-order valence-electron chi connectivity index (χ0n) is 12.2. The van der Waals surface area contributed by atoms with Crippen LogP contribution in [0.5, 0.6) is 11.5 Å². The fourth-order valence-electron chi connectivity index (χ4n) is 1.83. The van der Waals surface area contributed by atoms with E-state index in [4.69, 9.17) is 10.5 Å². The van der Waals surface area contributed by atoms with Crippen molar-refractivity contribution in [2.75, 3.05) is 19.8 Å². The standard InChI is InChI=1S/C16H17BrN2O2/c1-10-4-6-12(17)9-15(10)21-14-7-5-11(8-13(14)18)16(20)19(2)3/h4-9H,18H2,1-3H3. The highest BCUT2D eigenvalue weighted by Gasteiger charge is 2.11. The topological polar surface area (TPSA) is 55.6 Å². The van der Waals surface area contributed by atoms with Crippen molar-refractivity contribution >= 4 is 27.5 Å². The summed E-state index contributed by atoms with van der Waals surface area (Å²) in [4.78, 5) is 13.4. The zero-order chi connectivity index (χ0) is 15.6. The summed E-state index contributed by atoms with van der Waals surface area (Å²) >= 11 is 3.41. The summed E-state index contributed by atoms with van der Waals surface area (Å²) in [7, 11) is 3.40. The summed E-state index contributed by atoms with van der Waals surface area (Å²) in [5, 5.41) is 0. The number of carbonyl (C=O) groups excluding carboxylic acids is 1. The lowest BCUT2D eigenvalue weighted by molar-refractivity contribution is 0.0827. The molecule has 0 spiro atoms. The van der Waals surface area contributed by atoms with E-state index in [0.29, 0.717) is 17.0 Å². The van der Waals surface area contributed by atoms with E-state index < -0.39 is 0 Å². The van der Waals surface area contributed by atoms with E-state index in [1.54, 1.807) is 32.3 Å². The van der Waals surface area contributed by atoms with Crippen molar-refractivity contribution in [3.8, 4) is 11.5 Å². The number of amides is 1. The van der Waals surface area contributed by atoms with Crippen LogP contribution in [0.3, 0.4) is 0 Å². The molecular formula is C16H17BrN2O2. The lowest BCUT2D eigenvalue weighted by Gasteiger charge is -2.14. The van der Waals surface area contributed by atoms with Gasteiger partial charge in [-0.25, -0.2) is 0 Å². The van der Waals surface area contributed by atoms with Gasteiger partial charge < -0.3 is 15.4 Å². The number of hydrogen-bond acceptors (Lipinski definition) is 3. The first-order chi connectivity index (χ1) is 9.88. The second kappa shape index (κ2) is 6.18. The van der Waals surface area contributed by atoms with Crippen molar-refractivity contribution in [3.63, 3.8) is 0 Å². The van der Waals surface area contributed by atoms with E-state index in [2.05, 4.69) is 15.9 Å². The molecule has 0 bridgehead atoms. The summed E-state index contributed by atoms with van der Waals surface area (Å²) in [6.07, 6.45) is 0. The summed E-state index contributed by atoms with van der Waals surface area (Å²) in [6.45, 7) is 1.96. The van der Waals surface area contributed by atoms with Crippen LogP contribution in [0.1, 0.15) is 15.9 Å². The molecule has 2 aromatic carbocycles.